The molecule has 0 aliphatic carbocycles. The highest BCUT2D eigenvalue weighted by atomic mass is 32.2. The average molecular weight is 468 g/mol. The zero-order chi connectivity index (χ0) is 23.4. The molecule has 0 saturated heterocycles. The van der Waals surface area contributed by atoms with E-state index < -0.39 is 41.0 Å². The fourth-order valence-corrected chi connectivity index (χ4v) is 3.75. The summed E-state index contributed by atoms with van der Waals surface area (Å²) in [6, 6.07) is 7.53. The Kier molecular flexibility index (Phi) is 7.39. The second-order valence-electron chi connectivity index (χ2n) is 7.05. The van der Waals surface area contributed by atoms with Crippen LogP contribution in [-0.2, 0) is 4.79 Å². The Bertz CT molecular complexity index is 1120. The van der Waals surface area contributed by atoms with E-state index in [9.17, 15) is 22.4 Å². The maximum Gasteiger partial charge on any atom is 0.234 e. The molecule has 2 aromatic carbocycles. The van der Waals surface area contributed by atoms with Crippen molar-refractivity contribution in [3.05, 3.63) is 65.5 Å². The molecule has 6 nitrogen and oxygen atoms in total. The Morgan fingerprint density at radius 3 is 2.44 bits per heavy atom. The van der Waals surface area contributed by atoms with E-state index in [1.807, 2.05) is 13.8 Å². The lowest BCUT2D eigenvalue weighted by molar-refractivity contribution is -0.113. The lowest BCUT2D eigenvalue weighted by Crippen LogP contribution is -2.17. The van der Waals surface area contributed by atoms with Gasteiger partial charge in [-0.2, -0.15) is 0 Å². The Labute approximate surface area is 186 Å². The van der Waals surface area contributed by atoms with E-state index in [2.05, 4.69) is 15.5 Å². The van der Waals surface area contributed by atoms with Gasteiger partial charge in [0.1, 0.15) is 0 Å². The molecule has 0 spiro atoms. The van der Waals surface area contributed by atoms with Gasteiger partial charge in [0.25, 0.3) is 0 Å². The van der Waals surface area contributed by atoms with Crippen LogP contribution in [0.3, 0.4) is 0 Å². The molecule has 3 aromatic rings. The number of anilines is 1. The van der Waals surface area contributed by atoms with Gasteiger partial charge in [0.15, 0.2) is 46.1 Å². The average Bonchev–Trinajstić information content (AvgIpc) is 3.19. The van der Waals surface area contributed by atoms with E-state index in [-0.39, 0.29) is 17.5 Å². The zero-order valence-corrected chi connectivity index (χ0v) is 18.2. The molecule has 1 amide bonds. The number of hydrogen-bond acceptors (Lipinski definition) is 5. The van der Waals surface area contributed by atoms with Gasteiger partial charge in [-0.15, -0.1) is 10.2 Å². The number of para-hydroxylation sites is 1. The molecule has 1 unspecified atom stereocenters. The number of rotatable bonds is 8. The number of carbonyl (C=O) groups excluding carboxylic acids is 1. The van der Waals surface area contributed by atoms with Crippen molar-refractivity contribution in [2.75, 3.05) is 11.1 Å². The number of nitrogens with one attached hydrogen (secondary N) is 1. The molecule has 170 valence electrons. The lowest BCUT2D eigenvalue weighted by Gasteiger charge is -2.19. The number of aromatic nitrogens is 3. The van der Waals surface area contributed by atoms with Crippen molar-refractivity contribution in [2.45, 2.75) is 38.1 Å². The summed E-state index contributed by atoms with van der Waals surface area (Å²) in [7, 11) is 0. The van der Waals surface area contributed by atoms with Crippen LogP contribution in [-0.4, -0.2) is 26.4 Å². The van der Waals surface area contributed by atoms with Crippen molar-refractivity contribution in [3.63, 3.8) is 0 Å². The highest BCUT2D eigenvalue weighted by Gasteiger charge is 2.23. The van der Waals surface area contributed by atoms with Crippen molar-refractivity contribution >= 4 is 23.4 Å². The topological polar surface area (TPSA) is 69.0 Å². The molecule has 3 rings (SSSR count). The van der Waals surface area contributed by atoms with E-state index >= 15 is 0 Å². The monoisotopic (exact) mass is 468 g/mol. The van der Waals surface area contributed by atoms with Crippen LogP contribution in [0.1, 0.15) is 38.7 Å². The van der Waals surface area contributed by atoms with E-state index in [4.69, 9.17) is 4.74 Å². The first-order chi connectivity index (χ1) is 15.2. The molecule has 0 saturated carbocycles. The molecule has 0 bridgehead atoms. The summed E-state index contributed by atoms with van der Waals surface area (Å²) in [5.74, 6) is -5.33. The van der Waals surface area contributed by atoms with Gasteiger partial charge in [0.05, 0.1) is 11.4 Å². The molecular formula is C21H20F4N4O2S. The lowest BCUT2D eigenvalue weighted by atomic mass is 10.3. The van der Waals surface area contributed by atoms with Crippen LogP contribution < -0.4 is 10.1 Å². The summed E-state index contributed by atoms with van der Waals surface area (Å²) in [4.78, 5) is 12.2. The summed E-state index contributed by atoms with van der Waals surface area (Å²) in [6.07, 6.45) is -0.638. The van der Waals surface area contributed by atoms with Crippen LogP contribution >= 0.6 is 11.8 Å². The smallest absolute Gasteiger partial charge is 0.234 e. The zero-order valence-electron chi connectivity index (χ0n) is 17.4. The van der Waals surface area contributed by atoms with Crippen LogP contribution in [0.5, 0.6) is 5.75 Å². The molecule has 0 aliphatic heterocycles. The number of ether oxygens (including phenoxy) is 1. The number of carbonyl (C=O) groups is 1. The van der Waals surface area contributed by atoms with Crippen LogP contribution in [0, 0.1) is 23.3 Å². The van der Waals surface area contributed by atoms with Gasteiger partial charge in [-0.1, -0.05) is 23.9 Å². The minimum atomic E-state index is -1.66. The van der Waals surface area contributed by atoms with Gasteiger partial charge in [-0.05, 0) is 45.0 Å². The highest BCUT2D eigenvalue weighted by molar-refractivity contribution is 7.99. The first-order valence-corrected chi connectivity index (χ1v) is 10.6. The number of benzene rings is 2. The molecule has 11 heteroatoms. The molecule has 1 N–H and O–H groups in total. The molecule has 1 atom stereocenters. The summed E-state index contributed by atoms with van der Waals surface area (Å²) < 4.78 is 61.4. The van der Waals surface area contributed by atoms with Crippen LogP contribution in [0.25, 0.3) is 0 Å². The third-order valence-electron chi connectivity index (χ3n) is 4.35. The quantitative estimate of drug-likeness (QED) is 0.277. The van der Waals surface area contributed by atoms with Crippen molar-refractivity contribution in [2.24, 2.45) is 0 Å². The Morgan fingerprint density at radius 1 is 1.03 bits per heavy atom. The van der Waals surface area contributed by atoms with Crippen LogP contribution in [0.2, 0.25) is 0 Å². The van der Waals surface area contributed by atoms with E-state index in [0.29, 0.717) is 11.0 Å². The molecule has 1 heterocycles. The standard InChI is InChI=1S/C21H20F4N4O2S/c1-11(2)29-20(12(3)31-16-7-5-4-6-13(16)22)27-28-21(29)32-10-17(30)26-15-9-8-14(23)18(24)19(15)25/h4-9,11-12H,10H2,1-3H3,(H,26,30). The molecule has 0 aliphatic rings. The number of hydrogen-bond donors (Lipinski definition) is 1. The number of thioether (sulfide) groups is 1. The van der Waals surface area contributed by atoms with Crippen molar-refractivity contribution in [3.8, 4) is 5.75 Å². The van der Waals surface area contributed by atoms with Gasteiger partial charge in [-0.25, -0.2) is 17.6 Å². The fraction of sp³-hybridized carbons (Fsp3) is 0.286. The molecule has 0 fully saturated rings. The Hall–Kier alpha value is -3.08. The SMILES string of the molecule is CC(Oc1ccccc1F)c1nnc(SCC(=O)Nc2ccc(F)c(F)c2F)n1C(C)C. The van der Waals surface area contributed by atoms with Gasteiger partial charge in [-0.3, -0.25) is 4.79 Å². The minimum absolute atomic E-state index is 0.0699. The van der Waals surface area contributed by atoms with Gasteiger partial charge >= 0.3 is 0 Å². The third-order valence-corrected chi connectivity index (χ3v) is 5.30. The second-order valence-corrected chi connectivity index (χ2v) is 8.00. The second kappa shape index (κ2) is 10.0. The van der Waals surface area contributed by atoms with Gasteiger partial charge in [0.2, 0.25) is 5.91 Å². The van der Waals surface area contributed by atoms with E-state index in [1.165, 1.54) is 12.1 Å². The number of amides is 1. The fourth-order valence-electron chi connectivity index (χ4n) is 2.87. The summed E-state index contributed by atoms with van der Waals surface area (Å²) >= 11 is 1.02. The maximum absolute atomic E-state index is 13.9. The van der Waals surface area contributed by atoms with E-state index in [0.717, 1.165) is 23.9 Å². The number of nitrogens with zero attached hydrogens (tertiary/aromatic N) is 3. The molecule has 0 radical (unpaired) electrons. The first-order valence-electron chi connectivity index (χ1n) is 9.61. The van der Waals surface area contributed by atoms with E-state index in [1.54, 1.807) is 23.6 Å². The summed E-state index contributed by atoms with van der Waals surface area (Å²) in [5, 5.41) is 10.8. The minimum Gasteiger partial charge on any atom is -0.480 e. The summed E-state index contributed by atoms with van der Waals surface area (Å²) in [6.45, 7) is 5.45. The predicted octanol–water partition coefficient (Wildman–Crippen LogP) is 5.29. The summed E-state index contributed by atoms with van der Waals surface area (Å²) in [5.41, 5.74) is -0.465. The molecule has 1 aromatic heterocycles. The molecular weight excluding hydrogens is 448 g/mol. The molecule has 32 heavy (non-hydrogen) atoms. The van der Waals surface area contributed by atoms with Gasteiger partial charge < -0.3 is 14.6 Å². The van der Waals surface area contributed by atoms with Gasteiger partial charge in [0, 0.05) is 6.04 Å². The van der Waals surface area contributed by atoms with Crippen LogP contribution in [0.15, 0.2) is 41.6 Å². The number of halogens is 4. The van der Waals surface area contributed by atoms with Crippen molar-refractivity contribution < 1.29 is 27.1 Å². The van der Waals surface area contributed by atoms with Crippen molar-refractivity contribution in [1.29, 1.82) is 0 Å². The Morgan fingerprint density at radius 2 is 1.75 bits per heavy atom. The largest absolute Gasteiger partial charge is 0.480 e. The normalized spacial score (nSPS) is 12.1. The maximum atomic E-state index is 13.9. The first kappa shape index (κ1) is 23.6. The van der Waals surface area contributed by atoms with Crippen molar-refractivity contribution in [1.82, 2.24) is 14.8 Å². The Balaban J connectivity index is 1.71. The third kappa shape index (κ3) is 5.21. The van der Waals surface area contributed by atoms with Crippen LogP contribution in [0.4, 0.5) is 23.2 Å². The predicted molar refractivity (Wildman–Crippen MR) is 112 cm³/mol. The highest BCUT2D eigenvalue weighted by Crippen LogP contribution is 2.29.